The van der Waals surface area contributed by atoms with Gasteiger partial charge in [0.15, 0.2) is 0 Å². The summed E-state index contributed by atoms with van der Waals surface area (Å²) in [5, 5.41) is 0. The average molecular weight is 373 g/mol. The summed E-state index contributed by atoms with van der Waals surface area (Å²) in [7, 11) is 0. The first-order valence-electron chi connectivity index (χ1n) is 9.84. The van der Waals surface area contributed by atoms with E-state index in [9.17, 15) is 0 Å². The fraction of sp³-hybridized carbons (Fsp3) is 0.304. The first-order valence-corrected chi connectivity index (χ1v) is 9.84. The third-order valence-corrected chi connectivity index (χ3v) is 5.12. The number of nitrogens with zero attached hydrogens (tertiary/aromatic N) is 3. The van der Waals surface area contributed by atoms with Gasteiger partial charge in [-0.25, -0.2) is 9.97 Å². The van der Waals surface area contributed by atoms with Gasteiger partial charge in [-0.1, -0.05) is 18.2 Å². The van der Waals surface area contributed by atoms with E-state index in [1.165, 1.54) is 29.5 Å². The van der Waals surface area contributed by atoms with Crippen LogP contribution in [0.2, 0.25) is 0 Å². The molecule has 3 aromatic rings. The number of rotatable bonds is 5. The minimum atomic E-state index is 0.426. The molecule has 5 rings (SSSR count). The molecule has 1 saturated carbocycles. The van der Waals surface area contributed by atoms with Crippen LogP contribution in [0.15, 0.2) is 60.9 Å². The normalized spacial score (nSPS) is 16.7. The maximum absolute atomic E-state index is 5.97. The predicted octanol–water partition coefficient (Wildman–Crippen LogP) is 4.08. The third kappa shape index (κ3) is 3.99. The topological polar surface area (TPSA) is 47.5 Å². The SMILES string of the molecule is c1cnc(CN2CCOc3ccc(-c4ccc(OC5CC5)cc4)cc3C2)nc1. The highest BCUT2D eigenvalue weighted by Crippen LogP contribution is 2.32. The molecular weight excluding hydrogens is 350 g/mol. The zero-order valence-corrected chi connectivity index (χ0v) is 15.8. The molecule has 1 aliphatic carbocycles. The fourth-order valence-electron chi connectivity index (χ4n) is 3.48. The summed E-state index contributed by atoms with van der Waals surface area (Å²) in [5.41, 5.74) is 3.58. The van der Waals surface area contributed by atoms with E-state index in [1.54, 1.807) is 12.4 Å². The molecule has 0 N–H and O–H groups in total. The van der Waals surface area contributed by atoms with Crippen LogP contribution < -0.4 is 9.47 Å². The molecule has 0 atom stereocenters. The van der Waals surface area contributed by atoms with Gasteiger partial charge in [-0.15, -0.1) is 0 Å². The highest BCUT2D eigenvalue weighted by molar-refractivity contribution is 5.66. The Labute approximate surface area is 165 Å². The summed E-state index contributed by atoms with van der Waals surface area (Å²) in [5.74, 6) is 2.76. The molecule has 1 aliphatic heterocycles. The molecular formula is C23H23N3O2. The van der Waals surface area contributed by atoms with E-state index in [-0.39, 0.29) is 0 Å². The Morgan fingerprint density at radius 1 is 1.00 bits per heavy atom. The molecule has 2 heterocycles. The Balaban J connectivity index is 1.35. The molecule has 1 aromatic heterocycles. The number of benzene rings is 2. The van der Waals surface area contributed by atoms with E-state index in [0.717, 1.165) is 37.0 Å². The van der Waals surface area contributed by atoms with Crippen molar-refractivity contribution in [2.45, 2.75) is 32.0 Å². The Kier molecular flexibility index (Phi) is 4.67. The van der Waals surface area contributed by atoms with E-state index in [2.05, 4.69) is 57.3 Å². The van der Waals surface area contributed by atoms with Crippen molar-refractivity contribution in [3.05, 3.63) is 72.3 Å². The van der Waals surface area contributed by atoms with Crippen molar-refractivity contribution in [2.24, 2.45) is 0 Å². The molecule has 0 unspecified atom stereocenters. The highest BCUT2D eigenvalue weighted by Gasteiger charge is 2.23. The van der Waals surface area contributed by atoms with Crippen LogP contribution in [-0.4, -0.2) is 34.1 Å². The van der Waals surface area contributed by atoms with Crippen molar-refractivity contribution >= 4 is 0 Å². The van der Waals surface area contributed by atoms with E-state index in [0.29, 0.717) is 12.7 Å². The first-order chi connectivity index (χ1) is 13.8. The van der Waals surface area contributed by atoms with Gasteiger partial charge in [-0.05, 0) is 54.3 Å². The number of hydrogen-bond acceptors (Lipinski definition) is 5. The second kappa shape index (κ2) is 7.60. The zero-order chi connectivity index (χ0) is 18.8. The number of ether oxygens (including phenoxy) is 2. The summed E-state index contributed by atoms with van der Waals surface area (Å²) in [6.07, 6.45) is 6.36. The van der Waals surface area contributed by atoms with Crippen LogP contribution in [0.1, 0.15) is 24.2 Å². The predicted molar refractivity (Wildman–Crippen MR) is 107 cm³/mol. The van der Waals surface area contributed by atoms with Gasteiger partial charge in [0.1, 0.15) is 23.9 Å². The molecule has 0 bridgehead atoms. The molecule has 28 heavy (non-hydrogen) atoms. The maximum atomic E-state index is 5.97. The molecule has 0 saturated heterocycles. The van der Waals surface area contributed by atoms with Gasteiger partial charge in [0.2, 0.25) is 0 Å². The Morgan fingerprint density at radius 3 is 2.57 bits per heavy atom. The third-order valence-electron chi connectivity index (χ3n) is 5.12. The lowest BCUT2D eigenvalue weighted by Crippen LogP contribution is -2.26. The highest BCUT2D eigenvalue weighted by atomic mass is 16.5. The smallest absolute Gasteiger partial charge is 0.142 e. The van der Waals surface area contributed by atoms with Gasteiger partial charge in [-0.3, -0.25) is 4.90 Å². The van der Waals surface area contributed by atoms with E-state index in [4.69, 9.17) is 9.47 Å². The molecule has 0 amide bonds. The molecule has 2 aliphatic rings. The van der Waals surface area contributed by atoms with Crippen molar-refractivity contribution < 1.29 is 9.47 Å². The summed E-state index contributed by atoms with van der Waals surface area (Å²) < 4.78 is 11.8. The van der Waals surface area contributed by atoms with Gasteiger partial charge in [0, 0.05) is 31.0 Å². The van der Waals surface area contributed by atoms with Crippen molar-refractivity contribution in [3.8, 4) is 22.6 Å². The van der Waals surface area contributed by atoms with Crippen LogP contribution >= 0.6 is 0 Å². The second-order valence-electron chi connectivity index (χ2n) is 7.39. The van der Waals surface area contributed by atoms with Gasteiger partial charge in [0.05, 0.1) is 12.6 Å². The van der Waals surface area contributed by atoms with Crippen molar-refractivity contribution in [1.29, 1.82) is 0 Å². The zero-order valence-electron chi connectivity index (χ0n) is 15.8. The molecule has 5 nitrogen and oxygen atoms in total. The Hall–Kier alpha value is -2.92. The quantitative estimate of drug-likeness (QED) is 0.674. The fourth-order valence-corrected chi connectivity index (χ4v) is 3.48. The van der Waals surface area contributed by atoms with Crippen LogP contribution in [0.3, 0.4) is 0 Å². The molecule has 0 spiro atoms. The Bertz CT molecular complexity index is 940. The standard InChI is InChI=1S/C23H23N3O2/c1-10-24-23(25-11-1)16-26-12-13-27-22-9-4-18(14-19(22)15-26)17-2-5-20(6-3-17)28-21-7-8-21/h1-6,9-11,14,21H,7-8,12-13,15-16H2. The summed E-state index contributed by atoms with van der Waals surface area (Å²) in [6.45, 7) is 3.08. The number of aromatic nitrogens is 2. The Morgan fingerprint density at radius 2 is 1.79 bits per heavy atom. The molecule has 1 fully saturated rings. The van der Waals surface area contributed by atoms with Crippen LogP contribution in [0, 0.1) is 0 Å². The van der Waals surface area contributed by atoms with Crippen molar-refractivity contribution in [1.82, 2.24) is 14.9 Å². The van der Waals surface area contributed by atoms with Gasteiger partial charge >= 0.3 is 0 Å². The molecule has 2 aromatic carbocycles. The van der Waals surface area contributed by atoms with Crippen LogP contribution in [0.4, 0.5) is 0 Å². The van der Waals surface area contributed by atoms with E-state index in [1.807, 2.05) is 6.07 Å². The second-order valence-corrected chi connectivity index (χ2v) is 7.39. The molecule has 5 heteroatoms. The van der Waals surface area contributed by atoms with Crippen LogP contribution in [0.5, 0.6) is 11.5 Å². The van der Waals surface area contributed by atoms with E-state index < -0.39 is 0 Å². The summed E-state index contributed by atoms with van der Waals surface area (Å²) in [4.78, 5) is 11.0. The minimum absolute atomic E-state index is 0.426. The van der Waals surface area contributed by atoms with Gasteiger partial charge < -0.3 is 9.47 Å². The van der Waals surface area contributed by atoms with Gasteiger partial charge in [0.25, 0.3) is 0 Å². The maximum Gasteiger partial charge on any atom is 0.142 e. The van der Waals surface area contributed by atoms with Crippen molar-refractivity contribution in [2.75, 3.05) is 13.2 Å². The van der Waals surface area contributed by atoms with Crippen LogP contribution in [0.25, 0.3) is 11.1 Å². The lowest BCUT2D eigenvalue weighted by Gasteiger charge is -2.18. The number of hydrogen-bond donors (Lipinski definition) is 0. The lowest BCUT2D eigenvalue weighted by atomic mass is 10.0. The first kappa shape index (κ1) is 17.2. The van der Waals surface area contributed by atoms with E-state index >= 15 is 0 Å². The van der Waals surface area contributed by atoms with Crippen LogP contribution in [-0.2, 0) is 13.1 Å². The summed E-state index contributed by atoms with van der Waals surface area (Å²) >= 11 is 0. The largest absolute Gasteiger partial charge is 0.492 e. The monoisotopic (exact) mass is 373 g/mol. The molecule has 142 valence electrons. The van der Waals surface area contributed by atoms with Gasteiger partial charge in [-0.2, -0.15) is 0 Å². The minimum Gasteiger partial charge on any atom is -0.492 e. The molecule has 0 radical (unpaired) electrons. The summed E-state index contributed by atoms with van der Waals surface area (Å²) in [6, 6.07) is 16.7. The average Bonchev–Trinajstić information content (AvgIpc) is 3.56. The van der Waals surface area contributed by atoms with Crippen molar-refractivity contribution in [3.63, 3.8) is 0 Å². The lowest BCUT2D eigenvalue weighted by molar-refractivity contribution is 0.215. The number of fused-ring (bicyclic) bond motifs is 1.